The molecule has 0 radical (unpaired) electrons. The van der Waals surface area contributed by atoms with Crippen LogP contribution in [0, 0.1) is 0 Å². The van der Waals surface area contributed by atoms with Crippen molar-refractivity contribution in [3.63, 3.8) is 0 Å². The summed E-state index contributed by atoms with van der Waals surface area (Å²) >= 11 is 7.61. The molecule has 7 heteroatoms. The number of nitrogens with one attached hydrogen (secondary N) is 1. The molecule has 1 amide bonds. The Kier molecular flexibility index (Phi) is 6.90. The minimum Gasteiger partial charge on any atom is -0.350 e. The monoisotopic (exact) mass is 400 g/mol. The maximum atomic E-state index is 12.2. The third-order valence-electron chi connectivity index (χ3n) is 4.08. The number of carbonyl (C=O) groups excluding carboxylic acids is 1. The van der Waals surface area contributed by atoms with Gasteiger partial charge in [-0.2, -0.15) is 5.10 Å². The molecule has 0 aliphatic carbocycles. The topological polar surface area (TPSA) is 59.8 Å². The van der Waals surface area contributed by atoms with Crippen molar-refractivity contribution in [2.24, 2.45) is 0 Å². The molecule has 3 rings (SSSR count). The van der Waals surface area contributed by atoms with Gasteiger partial charge in [0.05, 0.1) is 11.7 Å². The fourth-order valence-corrected chi connectivity index (χ4v) is 3.59. The highest BCUT2D eigenvalue weighted by molar-refractivity contribution is 7.99. The Balaban J connectivity index is 1.41. The van der Waals surface area contributed by atoms with Crippen LogP contribution in [-0.2, 0) is 4.79 Å². The first-order chi connectivity index (χ1) is 13.1. The average molecular weight is 401 g/mol. The molecule has 1 atom stereocenters. The van der Waals surface area contributed by atoms with Crippen molar-refractivity contribution in [3.8, 4) is 5.69 Å². The molecule has 0 aliphatic heterocycles. The molecule has 140 valence electrons. The SMILES string of the molecule is CC(NC(=O)CCCSc1ccc(Cl)cc1)c1ccc(-n2cncn2)cc1. The standard InChI is InChI=1S/C20H21ClN4OS/c1-15(16-4-8-18(9-5-16)25-14-22-13-23-25)24-20(26)3-2-12-27-19-10-6-17(21)7-11-19/h4-11,13-15H,2-3,12H2,1H3,(H,24,26). The number of aromatic nitrogens is 3. The molecular weight excluding hydrogens is 380 g/mol. The third-order valence-corrected chi connectivity index (χ3v) is 5.43. The van der Waals surface area contributed by atoms with E-state index >= 15 is 0 Å². The molecule has 3 aromatic rings. The lowest BCUT2D eigenvalue weighted by molar-refractivity contribution is -0.121. The van der Waals surface area contributed by atoms with Crippen LogP contribution in [0.5, 0.6) is 0 Å². The average Bonchev–Trinajstić information content (AvgIpc) is 3.21. The third kappa shape index (κ3) is 5.84. The summed E-state index contributed by atoms with van der Waals surface area (Å²) in [5, 5.41) is 7.90. The highest BCUT2D eigenvalue weighted by Crippen LogP contribution is 2.21. The Morgan fingerprint density at radius 1 is 1.19 bits per heavy atom. The number of hydrogen-bond acceptors (Lipinski definition) is 4. The van der Waals surface area contributed by atoms with Gasteiger partial charge in [0.15, 0.2) is 0 Å². The molecule has 0 aliphatic rings. The highest BCUT2D eigenvalue weighted by atomic mass is 35.5. The number of carbonyl (C=O) groups is 1. The number of halogens is 1. The summed E-state index contributed by atoms with van der Waals surface area (Å²) in [4.78, 5) is 17.3. The van der Waals surface area contributed by atoms with Gasteiger partial charge >= 0.3 is 0 Å². The van der Waals surface area contributed by atoms with Crippen molar-refractivity contribution < 1.29 is 4.79 Å². The van der Waals surface area contributed by atoms with Gasteiger partial charge in [-0.05, 0) is 61.1 Å². The number of benzene rings is 2. The molecular formula is C20H21ClN4OS. The van der Waals surface area contributed by atoms with Crippen LogP contribution >= 0.6 is 23.4 Å². The minimum atomic E-state index is -0.0359. The van der Waals surface area contributed by atoms with E-state index in [1.54, 1.807) is 22.8 Å². The predicted octanol–water partition coefficient (Wildman–Crippen LogP) is 4.67. The van der Waals surface area contributed by atoms with Crippen LogP contribution in [0.15, 0.2) is 66.1 Å². The smallest absolute Gasteiger partial charge is 0.220 e. The number of nitrogens with zero attached hydrogens (tertiary/aromatic N) is 3. The Bertz CT molecular complexity index is 851. The molecule has 0 saturated carbocycles. The van der Waals surface area contributed by atoms with Gasteiger partial charge in [-0.25, -0.2) is 9.67 Å². The molecule has 1 aromatic heterocycles. The maximum Gasteiger partial charge on any atom is 0.220 e. The van der Waals surface area contributed by atoms with Gasteiger partial charge in [-0.15, -0.1) is 11.8 Å². The van der Waals surface area contributed by atoms with Crippen LogP contribution in [0.1, 0.15) is 31.4 Å². The second-order valence-corrected chi connectivity index (χ2v) is 7.73. The molecule has 0 fully saturated rings. The van der Waals surface area contributed by atoms with Crippen molar-refractivity contribution in [1.29, 1.82) is 0 Å². The zero-order valence-electron chi connectivity index (χ0n) is 15.0. The normalized spacial score (nSPS) is 11.9. The minimum absolute atomic E-state index is 0.0359. The highest BCUT2D eigenvalue weighted by Gasteiger charge is 2.10. The Morgan fingerprint density at radius 3 is 2.59 bits per heavy atom. The fraction of sp³-hybridized carbons (Fsp3) is 0.250. The Morgan fingerprint density at radius 2 is 1.93 bits per heavy atom. The van der Waals surface area contributed by atoms with Gasteiger partial charge in [0.25, 0.3) is 0 Å². The summed E-state index contributed by atoms with van der Waals surface area (Å²) in [5.41, 5.74) is 2.00. The number of amides is 1. The van der Waals surface area contributed by atoms with Crippen LogP contribution in [0.2, 0.25) is 5.02 Å². The van der Waals surface area contributed by atoms with E-state index in [0.29, 0.717) is 6.42 Å². The summed E-state index contributed by atoms with van der Waals surface area (Å²) in [5.74, 6) is 0.968. The number of thioether (sulfide) groups is 1. The summed E-state index contributed by atoms with van der Waals surface area (Å²) in [6, 6.07) is 15.7. The molecule has 0 saturated heterocycles. The van der Waals surface area contributed by atoms with E-state index in [4.69, 9.17) is 11.6 Å². The van der Waals surface area contributed by atoms with Crippen LogP contribution < -0.4 is 5.32 Å². The van der Waals surface area contributed by atoms with Crippen LogP contribution in [0.3, 0.4) is 0 Å². The quantitative estimate of drug-likeness (QED) is 0.441. The van der Waals surface area contributed by atoms with Crippen molar-refractivity contribution in [2.45, 2.75) is 30.7 Å². The van der Waals surface area contributed by atoms with E-state index in [1.165, 1.54) is 11.2 Å². The lowest BCUT2D eigenvalue weighted by Crippen LogP contribution is -2.26. The van der Waals surface area contributed by atoms with Gasteiger partial charge in [0.1, 0.15) is 12.7 Å². The molecule has 5 nitrogen and oxygen atoms in total. The van der Waals surface area contributed by atoms with E-state index in [1.807, 2.05) is 55.5 Å². The number of rotatable bonds is 8. The summed E-state index contributed by atoms with van der Waals surface area (Å²) in [6.45, 7) is 1.99. The fourth-order valence-electron chi connectivity index (χ4n) is 2.61. The van der Waals surface area contributed by atoms with Crippen molar-refractivity contribution in [2.75, 3.05) is 5.75 Å². The van der Waals surface area contributed by atoms with E-state index in [0.717, 1.165) is 28.4 Å². The molecule has 2 aromatic carbocycles. The molecule has 1 heterocycles. The molecule has 1 unspecified atom stereocenters. The summed E-state index contributed by atoms with van der Waals surface area (Å²) in [6.07, 6.45) is 4.50. The predicted molar refractivity (Wildman–Crippen MR) is 109 cm³/mol. The zero-order chi connectivity index (χ0) is 19.1. The largest absolute Gasteiger partial charge is 0.350 e. The molecule has 0 spiro atoms. The molecule has 0 bridgehead atoms. The van der Waals surface area contributed by atoms with Gasteiger partial charge in [0, 0.05) is 16.3 Å². The van der Waals surface area contributed by atoms with E-state index < -0.39 is 0 Å². The van der Waals surface area contributed by atoms with Gasteiger partial charge in [0.2, 0.25) is 5.91 Å². The second-order valence-electron chi connectivity index (χ2n) is 6.13. The second kappa shape index (κ2) is 9.58. The van der Waals surface area contributed by atoms with Crippen molar-refractivity contribution in [3.05, 3.63) is 71.8 Å². The van der Waals surface area contributed by atoms with Crippen LogP contribution in [0.25, 0.3) is 5.69 Å². The van der Waals surface area contributed by atoms with E-state index in [-0.39, 0.29) is 11.9 Å². The lowest BCUT2D eigenvalue weighted by Gasteiger charge is -2.15. The lowest BCUT2D eigenvalue weighted by atomic mass is 10.1. The first kappa shape index (κ1) is 19.5. The Labute approximate surface area is 168 Å². The maximum absolute atomic E-state index is 12.2. The van der Waals surface area contributed by atoms with E-state index in [2.05, 4.69) is 15.4 Å². The molecule has 1 N–H and O–H groups in total. The number of hydrogen-bond donors (Lipinski definition) is 1. The van der Waals surface area contributed by atoms with Crippen molar-refractivity contribution in [1.82, 2.24) is 20.1 Å². The van der Waals surface area contributed by atoms with Gasteiger partial charge in [-0.1, -0.05) is 23.7 Å². The van der Waals surface area contributed by atoms with Crippen LogP contribution in [-0.4, -0.2) is 26.4 Å². The first-order valence-electron chi connectivity index (χ1n) is 8.74. The first-order valence-corrected chi connectivity index (χ1v) is 10.1. The van der Waals surface area contributed by atoms with Crippen molar-refractivity contribution >= 4 is 29.3 Å². The zero-order valence-corrected chi connectivity index (χ0v) is 16.6. The van der Waals surface area contributed by atoms with Crippen LogP contribution in [0.4, 0.5) is 0 Å². The van der Waals surface area contributed by atoms with E-state index in [9.17, 15) is 4.79 Å². The summed E-state index contributed by atoms with van der Waals surface area (Å²) < 4.78 is 1.70. The summed E-state index contributed by atoms with van der Waals surface area (Å²) in [7, 11) is 0. The van der Waals surface area contributed by atoms with Gasteiger partial charge < -0.3 is 5.32 Å². The Hall–Kier alpha value is -2.31. The van der Waals surface area contributed by atoms with Gasteiger partial charge in [-0.3, -0.25) is 4.79 Å². The molecule has 27 heavy (non-hydrogen) atoms.